The van der Waals surface area contributed by atoms with Crippen molar-refractivity contribution in [1.82, 2.24) is 16.0 Å². The maximum atomic E-state index is 12.0. The minimum atomic E-state index is -3.19. The number of sulfone groups is 1. The molecule has 0 heterocycles. The first-order valence-electron chi connectivity index (χ1n) is 7.84. The minimum absolute atomic E-state index is 0.00903. The second kappa shape index (κ2) is 8.52. The van der Waals surface area contributed by atoms with Crippen LogP contribution >= 0.6 is 0 Å². The van der Waals surface area contributed by atoms with Crippen LogP contribution in [0.2, 0.25) is 0 Å². The largest absolute Gasteiger partial charge is 0.357 e. The Morgan fingerprint density at radius 2 is 1.61 bits per heavy atom. The van der Waals surface area contributed by atoms with Gasteiger partial charge in [0.05, 0.1) is 10.5 Å². The number of aliphatic imine (C=N–C) groups is 1. The number of hydrogen-bond acceptors (Lipinski definition) is 4. The normalized spacial score (nSPS) is 13.6. The van der Waals surface area contributed by atoms with Crippen molar-refractivity contribution in [3.8, 4) is 0 Å². The van der Waals surface area contributed by atoms with E-state index in [0.717, 1.165) is 0 Å². The maximum absolute atomic E-state index is 12.0. The lowest BCUT2D eigenvalue weighted by molar-refractivity contribution is -0.121. The third-order valence-electron chi connectivity index (χ3n) is 2.84. The molecule has 1 amide bonds. The van der Waals surface area contributed by atoms with Gasteiger partial charge in [0.25, 0.3) is 0 Å². The predicted octanol–water partition coefficient (Wildman–Crippen LogP) is 0.670. The van der Waals surface area contributed by atoms with Crippen molar-refractivity contribution in [3.05, 3.63) is 0 Å². The summed E-state index contributed by atoms with van der Waals surface area (Å²) in [6.07, 6.45) is 0. The molecule has 0 radical (unpaired) electrons. The molecule has 3 N–H and O–H groups in total. The number of nitrogens with zero attached hydrogens (tertiary/aromatic N) is 1. The number of carbonyl (C=O) groups excluding carboxylic acids is 1. The van der Waals surface area contributed by atoms with E-state index >= 15 is 0 Å². The second-order valence-electron chi connectivity index (χ2n) is 7.35. The minimum Gasteiger partial charge on any atom is -0.357 e. The molecule has 0 aliphatic rings. The molecule has 0 aromatic heterocycles. The Balaban J connectivity index is 4.59. The summed E-state index contributed by atoms with van der Waals surface area (Å²) in [5.41, 5.74) is -0.306. The van der Waals surface area contributed by atoms with Gasteiger partial charge in [-0.3, -0.25) is 4.79 Å². The second-order valence-corrected chi connectivity index (χ2v) is 10.2. The highest BCUT2D eigenvalue weighted by atomic mass is 32.2. The highest BCUT2D eigenvalue weighted by molar-refractivity contribution is 7.92. The zero-order valence-corrected chi connectivity index (χ0v) is 16.2. The van der Waals surface area contributed by atoms with Crippen molar-refractivity contribution in [3.63, 3.8) is 0 Å². The summed E-state index contributed by atoms with van der Waals surface area (Å²) in [6.45, 7) is 13.5. The molecule has 0 fully saturated rings. The Bertz CT molecular complexity index is 514. The van der Waals surface area contributed by atoms with Gasteiger partial charge in [0.15, 0.2) is 15.8 Å². The number of amides is 1. The molecule has 7 nitrogen and oxygen atoms in total. The van der Waals surface area contributed by atoms with Crippen molar-refractivity contribution in [1.29, 1.82) is 0 Å². The van der Waals surface area contributed by atoms with Gasteiger partial charge in [0.2, 0.25) is 5.91 Å². The highest BCUT2D eigenvalue weighted by Gasteiger charge is 2.28. The van der Waals surface area contributed by atoms with Crippen LogP contribution in [0.15, 0.2) is 4.99 Å². The quantitative estimate of drug-likeness (QED) is 0.484. The number of hydrogen-bond donors (Lipinski definition) is 3. The van der Waals surface area contributed by atoms with E-state index in [1.807, 2.05) is 27.7 Å². The topological polar surface area (TPSA) is 99.7 Å². The standard InChI is InChI=1S/C15H32N4O3S/c1-8-16-13(18-11-12(20)19-14(2,3)4)17-9-10-23(21,22)15(5,6)7/h8-11H2,1-7H3,(H,19,20)(H2,16,17,18). The number of guanidine groups is 1. The fourth-order valence-corrected chi connectivity index (χ4v) is 2.54. The van der Waals surface area contributed by atoms with E-state index in [0.29, 0.717) is 12.5 Å². The zero-order chi connectivity index (χ0) is 18.3. The lowest BCUT2D eigenvalue weighted by atomic mass is 10.1. The van der Waals surface area contributed by atoms with Gasteiger partial charge in [-0.15, -0.1) is 0 Å². The number of carbonyl (C=O) groups is 1. The predicted molar refractivity (Wildman–Crippen MR) is 95.4 cm³/mol. The van der Waals surface area contributed by atoms with E-state index in [-0.39, 0.29) is 30.3 Å². The molecule has 0 atom stereocenters. The summed E-state index contributed by atoms with van der Waals surface area (Å²) < 4.78 is 23.3. The number of rotatable bonds is 6. The molecule has 0 aromatic rings. The van der Waals surface area contributed by atoms with Gasteiger partial charge < -0.3 is 16.0 Å². The van der Waals surface area contributed by atoms with Gasteiger partial charge >= 0.3 is 0 Å². The van der Waals surface area contributed by atoms with E-state index in [1.54, 1.807) is 20.8 Å². The average molecular weight is 349 g/mol. The van der Waals surface area contributed by atoms with Gasteiger partial charge in [0.1, 0.15) is 6.54 Å². The Kier molecular flexibility index (Phi) is 8.03. The zero-order valence-electron chi connectivity index (χ0n) is 15.4. The molecular weight excluding hydrogens is 316 g/mol. The molecule has 0 aliphatic carbocycles. The molecule has 8 heteroatoms. The molecule has 0 aromatic carbocycles. The third kappa shape index (κ3) is 9.43. The first kappa shape index (κ1) is 21.7. The first-order valence-corrected chi connectivity index (χ1v) is 9.49. The Morgan fingerprint density at radius 3 is 2.04 bits per heavy atom. The van der Waals surface area contributed by atoms with Gasteiger partial charge in [-0.05, 0) is 48.5 Å². The highest BCUT2D eigenvalue weighted by Crippen LogP contribution is 2.15. The summed E-state index contributed by atoms with van der Waals surface area (Å²) in [4.78, 5) is 15.9. The third-order valence-corrected chi connectivity index (χ3v) is 5.44. The van der Waals surface area contributed by atoms with Gasteiger partial charge in [-0.25, -0.2) is 13.4 Å². The Labute approximate surface area is 140 Å². The van der Waals surface area contributed by atoms with Gasteiger partial charge in [-0.1, -0.05) is 0 Å². The van der Waals surface area contributed by atoms with Crippen LogP contribution in [0.25, 0.3) is 0 Å². The van der Waals surface area contributed by atoms with Crippen molar-refractivity contribution < 1.29 is 13.2 Å². The molecular formula is C15H32N4O3S. The summed E-state index contributed by atoms with van der Waals surface area (Å²) in [5.74, 6) is 0.257. The van der Waals surface area contributed by atoms with E-state index in [2.05, 4.69) is 20.9 Å². The molecule has 0 rings (SSSR count). The van der Waals surface area contributed by atoms with E-state index in [4.69, 9.17) is 0 Å². The molecule has 0 saturated heterocycles. The molecule has 0 unspecified atom stereocenters. The Hall–Kier alpha value is -1.31. The fraction of sp³-hybridized carbons (Fsp3) is 0.867. The SMILES string of the molecule is CCNC(=NCC(=O)NC(C)(C)C)NCCS(=O)(=O)C(C)(C)C. The van der Waals surface area contributed by atoms with Crippen molar-refractivity contribution in [2.75, 3.05) is 25.4 Å². The van der Waals surface area contributed by atoms with Crippen LogP contribution in [0.1, 0.15) is 48.5 Å². The Morgan fingerprint density at radius 1 is 1.04 bits per heavy atom. The molecule has 0 bridgehead atoms. The summed E-state index contributed by atoms with van der Waals surface area (Å²) in [7, 11) is -3.19. The maximum Gasteiger partial charge on any atom is 0.242 e. The number of nitrogens with one attached hydrogen (secondary N) is 3. The summed E-state index contributed by atoms with van der Waals surface area (Å²) >= 11 is 0. The van der Waals surface area contributed by atoms with E-state index < -0.39 is 14.6 Å². The smallest absolute Gasteiger partial charge is 0.242 e. The van der Waals surface area contributed by atoms with Crippen molar-refractivity contribution in [2.45, 2.75) is 58.8 Å². The van der Waals surface area contributed by atoms with Crippen LogP contribution in [-0.2, 0) is 14.6 Å². The van der Waals surface area contributed by atoms with Crippen LogP contribution in [0, 0.1) is 0 Å². The molecule has 23 heavy (non-hydrogen) atoms. The lowest BCUT2D eigenvalue weighted by Gasteiger charge is -2.20. The molecule has 136 valence electrons. The molecule has 0 aliphatic heterocycles. The first-order chi connectivity index (χ1) is 10.3. The van der Waals surface area contributed by atoms with Crippen LogP contribution in [0.3, 0.4) is 0 Å². The molecule has 0 spiro atoms. The van der Waals surface area contributed by atoms with E-state index in [9.17, 15) is 13.2 Å². The van der Waals surface area contributed by atoms with Crippen LogP contribution in [0.5, 0.6) is 0 Å². The van der Waals surface area contributed by atoms with Crippen molar-refractivity contribution in [2.24, 2.45) is 4.99 Å². The van der Waals surface area contributed by atoms with Gasteiger partial charge in [-0.2, -0.15) is 0 Å². The fourth-order valence-electron chi connectivity index (χ4n) is 1.56. The van der Waals surface area contributed by atoms with E-state index in [1.165, 1.54) is 0 Å². The average Bonchev–Trinajstić information content (AvgIpc) is 2.32. The summed E-state index contributed by atoms with van der Waals surface area (Å²) in [5, 5.41) is 8.76. The van der Waals surface area contributed by atoms with Crippen LogP contribution in [-0.4, -0.2) is 56.0 Å². The molecule has 0 saturated carbocycles. The monoisotopic (exact) mass is 348 g/mol. The van der Waals surface area contributed by atoms with Crippen LogP contribution in [0.4, 0.5) is 0 Å². The lowest BCUT2D eigenvalue weighted by Crippen LogP contribution is -2.44. The summed E-state index contributed by atoms with van der Waals surface area (Å²) in [6, 6.07) is 0. The van der Waals surface area contributed by atoms with Crippen LogP contribution < -0.4 is 16.0 Å². The van der Waals surface area contributed by atoms with Gasteiger partial charge in [0, 0.05) is 18.6 Å². The van der Waals surface area contributed by atoms with Crippen molar-refractivity contribution >= 4 is 21.7 Å².